The molecular formula is C21H19N5O2S. The van der Waals surface area contributed by atoms with Crippen LogP contribution in [0.2, 0.25) is 0 Å². The van der Waals surface area contributed by atoms with E-state index in [1.54, 1.807) is 12.1 Å². The second-order valence-electron chi connectivity index (χ2n) is 6.41. The molecule has 7 nitrogen and oxygen atoms in total. The van der Waals surface area contributed by atoms with E-state index in [1.165, 1.54) is 16.7 Å². The third-order valence-corrected chi connectivity index (χ3v) is 5.41. The summed E-state index contributed by atoms with van der Waals surface area (Å²) in [4.78, 5) is 26.3. The van der Waals surface area contributed by atoms with Crippen LogP contribution in [0.5, 0.6) is 0 Å². The van der Waals surface area contributed by atoms with Crippen molar-refractivity contribution in [1.29, 1.82) is 0 Å². The van der Waals surface area contributed by atoms with Gasteiger partial charge < -0.3 is 10.2 Å². The molecule has 1 aliphatic heterocycles. The number of hydrogen-bond donors (Lipinski definition) is 1. The predicted octanol–water partition coefficient (Wildman–Crippen LogP) is 3.21. The first-order chi connectivity index (χ1) is 14.2. The van der Waals surface area contributed by atoms with Crippen molar-refractivity contribution < 1.29 is 9.59 Å². The molecule has 2 aromatic carbocycles. The number of nitrogens with zero attached hydrogens (tertiary/aromatic N) is 4. The highest BCUT2D eigenvalue weighted by atomic mass is 32.2. The van der Waals surface area contributed by atoms with Gasteiger partial charge in [0.05, 0.1) is 17.1 Å². The Morgan fingerprint density at radius 1 is 1.14 bits per heavy atom. The summed E-state index contributed by atoms with van der Waals surface area (Å²) in [6, 6.07) is 17.0. The van der Waals surface area contributed by atoms with Crippen molar-refractivity contribution in [2.75, 3.05) is 22.5 Å². The Hall–Kier alpha value is -3.39. The molecule has 0 bridgehead atoms. The van der Waals surface area contributed by atoms with E-state index in [1.807, 2.05) is 53.1 Å². The number of para-hydroxylation sites is 2. The van der Waals surface area contributed by atoms with Crippen molar-refractivity contribution in [3.05, 3.63) is 67.3 Å². The molecule has 146 valence electrons. The number of nitrogens with one attached hydrogen (secondary N) is 1. The predicted molar refractivity (Wildman–Crippen MR) is 114 cm³/mol. The van der Waals surface area contributed by atoms with Gasteiger partial charge in [0, 0.05) is 12.1 Å². The third-order valence-electron chi connectivity index (χ3n) is 4.46. The lowest BCUT2D eigenvalue weighted by Crippen LogP contribution is -2.43. The van der Waals surface area contributed by atoms with Gasteiger partial charge in [-0.1, -0.05) is 60.3 Å². The second kappa shape index (κ2) is 8.32. The normalized spacial score (nSPS) is 13.0. The Morgan fingerprint density at radius 2 is 1.90 bits per heavy atom. The fourth-order valence-electron chi connectivity index (χ4n) is 3.15. The molecule has 8 heteroatoms. The maximum Gasteiger partial charge on any atom is 0.244 e. The highest BCUT2D eigenvalue weighted by Gasteiger charge is 2.27. The van der Waals surface area contributed by atoms with E-state index in [0.29, 0.717) is 23.1 Å². The minimum absolute atomic E-state index is 0.00498. The van der Waals surface area contributed by atoms with Crippen LogP contribution in [0.25, 0.3) is 11.4 Å². The number of hydrogen-bond acceptors (Lipinski definition) is 5. The van der Waals surface area contributed by atoms with E-state index < -0.39 is 0 Å². The third kappa shape index (κ3) is 3.93. The van der Waals surface area contributed by atoms with Gasteiger partial charge in [0.1, 0.15) is 6.54 Å². The van der Waals surface area contributed by atoms with Gasteiger partial charge in [-0.25, -0.2) is 0 Å². The largest absolute Gasteiger partial charge is 0.323 e. The van der Waals surface area contributed by atoms with Gasteiger partial charge in [-0.05, 0) is 12.1 Å². The molecule has 0 fully saturated rings. The lowest BCUT2D eigenvalue weighted by Gasteiger charge is -2.29. The summed E-state index contributed by atoms with van der Waals surface area (Å²) in [5.74, 6) is 0.504. The highest BCUT2D eigenvalue weighted by molar-refractivity contribution is 7.99. The Morgan fingerprint density at radius 3 is 2.69 bits per heavy atom. The van der Waals surface area contributed by atoms with E-state index in [2.05, 4.69) is 22.1 Å². The number of benzene rings is 2. The summed E-state index contributed by atoms with van der Waals surface area (Å²) in [6.07, 6.45) is 1.77. The summed E-state index contributed by atoms with van der Waals surface area (Å²) in [6.45, 7) is 4.34. The molecule has 2 amide bonds. The summed E-state index contributed by atoms with van der Waals surface area (Å²) in [7, 11) is 0. The summed E-state index contributed by atoms with van der Waals surface area (Å²) >= 11 is 1.30. The van der Waals surface area contributed by atoms with Crippen molar-refractivity contribution in [2.45, 2.75) is 11.7 Å². The van der Waals surface area contributed by atoms with E-state index in [9.17, 15) is 9.59 Å². The molecule has 3 aromatic rings. The number of aromatic nitrogens is 3. The van der Waals surface area contributed by atoms with E-state index >= 15 is 0 Å². The summed E-state index contributed by atoms with van der Waals surface area (Å²) in [5.41, 5.74) is 2.29. The van der Waals surface area contributed by atoms with Crippen LogP contribution >= 0.6 is 11.8 Å². The van der Waals surface area contributed by atoms with Crippen LogP contribution in [0.15, 0.2) is 72.4 Å². The minimum Gasteiger partial charge on any atom is -0.323 e. The monoisotopic (exact) mass is 405 g/mol. The Bertz CT molecular complexity index is 1060. The van der Waals surface area contributed by atoms with Crippen molar-refractivity contribution in [3.63, 3.8) is 0 Å². The van der Waals surface area contributed by atoms with Gasteiger partial charge in [0.15, 0.2) is 11.0 Å². The van der Waals surface area contributed by atoms with Gasteiger partial charge in [-0.3, -0.25) is 14.2 Å². The first kappa shape index (κ1) is 18.9. The first-order valence-electron chi connectivity index (χ1n) is 9.09. The molecule has 0 unspecified atom stereocenters. The average molecular weight is 405 g/mol. The number of thioether (sulfide) groups is 1. The molecule has 1 N–H and O–H groups in total. The molecule has 1 aromatic heterocycles. The molecule has 0 spiro atoms. The van der Waals surface area contributed by atoms with Crippen LogP contribution < -0.4 is 10.2 Å². The maximum absolute atomic E-state index is 12.9. The molecule has 1 aliphatic rings. The van der Waals surface area contributed by atoms with E-state index in [4.69, 9.17) is 0 Å². The minimum atomic E-state index is -0.205. The van der Waals surface area contributed by atoms with Gasteiger partial charge in [-0.2, -0.15) is 0 Å². The maximum atomic E-state index is 12.9. The Labute approximate surface area is 172 Å². The van der Waals surface area contributed by atoms with Gasteiger partial charge in [0.2, 0.25) is 11.8 Å². The molecule has 0 radical (unpaired) electrons. The molecular weight excluding hydrogens is 386 g/mol. The van der Waals surface area contributed by atoms with Crippen molar-refractivity contribution in [2.24, 2.45) is 0 Å². The van der Waals surface area contributed by atoms with Crippen LogP contribution in [0.4, 0.5) is 11.4 Å². The molecule has 29 heavy (non-hydrogen) atoms. The van der Waals surface area contributed by atoms with Crippen LogP contribution in [0, 0.1) is 0 Å². The fraction of sp³-hybridized carbons (Fsp3) is 0.143. The topological polar surface area (TPSA) is 80.1 Å². The highest BCUT2D eigenvalue weighted by Crippen LogP contribution is 2.30. The van der Waals surface area contributed by atoms with E-state index in [0.717, 1.165) is 11.4 Å². The average Bonchev–Trinajstić information content (AvgIpc) is 3.15. The van der Waals surface area contributed by atoms with Crippen molar-refractivity contribution in [3.8, 4) is 11.4 Å². The van der Waals surface area contributed by atoms with Crippen molar-refractivity contribution >= 4 is 35.0 Å². The number of fused-ring (bicyclic) bond motifs is 1. The van der Waals surface area contributed by atoms with Crippen LogP contribution in [0.1, 0.15) is 0 Å². The molecule has 0 saturated carbocycles. The van der Waals surface area contributed by atoms with Gasteiger partial charge in [0.25, 0.3) is 0 Å². The number of carbonyl (C=O) groups excluding carboxylic acids is 2. The number of rotatable bonds is 6. The lowest BCUT2D eigenvalue weighted by atomic mass is 10.2. The molecule has 0 atom stereocenters. The molecule has 4 rings (SSSR count). The molecule has 0 aliphatic carbocycles. The zero-order chi connectivity index (χ0) is 20.2. The van der Waals surface area contributed by atoms with E-state index in [-0.39, 0.29) is 24.1 Å². The second-order valence-corrected chi connectivity index (χ2v) is 7.35. The summed E-state index contributed by atoms with van der Waals surface area (Å²) in [5, 5.41) is 12.0. The zero-order valence-electron chi connectivity index (χ0n) is 15.6. The number of amides is 2. The standard InChI is InChI=1S/C21H19N5O2S/c1-2-12-25-20(15-8-4-3-5-9-15)23-24-21(25)29-14-19(28)26-13-18(27)22-16-10-6-7-11-17(16)26/h2-11H,1,12-14H2,(H,22,27). The van der Waals surface area contributed by atoms with Crippen LogP contribution in [-0.4, -0.2) is 38.9 Å². The van der Waals surface area contributed by atoms with Crippen LogP contribution in [0.3, 0.4) is 0 Å². The van der Waals surface area contributed by atoms with Crippen molar-refractivity contribution in [1.82, 2.24) is 14.8 Å². The van der Waals surface area contributed by atoms with Crippen LogP contribution in [-0.2, 0) is 16.1 Å². The fourth-order valence-corrected chi connectivity index (χ4v) is 3.97. The SMILES string of the molecule is C=CCn1c(SCC(=O)N2CC(=O)Nc3ccccc32)nnc1-c1ccccc1. The number of anilines is 2. The molecule has 0 saturated heterocycles. The van der Waals surface area contributed by atoms with Gasteiger partial charge >= 0.3 is 0 Å². The lowest BCUT2D eigenvalue weighted by molar-refractivity contribution is -0.120. The Balaban J connectivity index is 1.54. The summed E-state index contributed by atoms with van der Waals surface area (Å²) < 4.78 is 1.93. The Kier molecular flexibility index (Phi) is 5.44. The zero-order valence-corrected chi connectivity index (χ0v) is 16.4. The quantitative estimate of drug-likeness (QED) is 0.503. The smallest absolute Gasteiger partial charge is 0.244 e. The molecule has 2 heterocycles. The van der Waals surface area contributed by atoms with Gasteiger partial charge in [-0.15, -0.1) is 16.8 Å². The first-order valence-corrected chi connectivity index (χ1v) is 10.1. The number of carbonyl (C=O) groups is 2. The number of allylic oxidation sites excluding steroid dienone is 1.